The summed E-state index contributed by atoms with van der Waals surface area (Å²) in [5.74, 6) is -0.141. The Hall–Kier alpha value is -3.39. The van der Waals surface area contributed by atoms with E-state index in [1.807, 2.05) is 12.1 Å². The van der Waals surface area contributed by atoms with Gasteiger partial charge in [-0.25, -0.2) is 0 Å². The van der Waals surface area contributed by atoms with Crippen LogP contribution in [0, 0.1) is 5.92 Å². The Balaban J connectivity index is 1.44. The molecule has 0 aliphatic carbocycles. The molecule has 1 aromatic carbocycles. The lowest BCUT2D eigenvalue weighted by Crippen LogP contribution is -2.43. The number of piperidine rings is 1. The highest BCUT2D eigenvalue weighted by molar-refractivity contribution is 6.31. The van der Waals surface area contributed by atoms with Gasteiger partial charge < -0.3 is 15.0 Å². The van der Waals surface area contributed by atoms with Crippen LogP contribution in [0.1, 0.15) is 23.3 Å². The van der Waals surface area contributed by atoms with Crippen molar-refractivity contribution >= 4 is 29.1 Å². The normalized spacial score (nSPS) is 16.1. The third-order valence-electron chi connectivity index (χ3n) is 5.28. The van der Waals surface area contributed by atoms with Crippen molar-refractivity contribution in [2.24, 2.45) is 5.92 Å². The van der Waals surface area contributed by atoms with Crippen LogP contribution in [-0.4, -0.2) is 52.1 Å². The maximum Gasteiger partial charge on any atom is 0.271 e. The van der Waals surface area contributed by atoms with Crippen molar-refractivity contribution in [3.05, 3.63) is 59.5 Å². The minimum atomic E-state index is -0.330. The van der Waals surface area contributed by atoms with Crippen LogP contribution >= 0.6 is 11.6 Å². The Bertz CT molecular complexity index is 1090. The summed E-state index contributed by atoms with van der Waals surface area (Å²) in [6, 6.07) is 10.4. The van der Waals surface area contributed by atoms with Gasteiger partial charge in [-0.3, -0.25) is 19.7 Å². The molecule has 1 atom stereocenters. The SMILES string of the molecule is COc1ccc(Cl)cc1NC(=O)[C@H]1CCCN(C(=O)c2cc(-c3ccncc3)n[nH]2)C1. The number of H-pyrrole nitrogens is 1. The molecule has 4 rings (SSSR count). The molecule has 31 heavy (non-hydrogen) atoms. The lowest BCUT2D eigenvalue weighted by Gasteiger charge is -2.31. The highest BCUT2D eigenvalue weighted by Crippen LogP contribution is 2.29. The number of hydrogen-bond donors (Lipinski definition) is 2. The molecule has 8 nitrogen and oxygen atoms in total. The molecule has 3 heterocycles. The predicted octanol–water partition coefficient (Wildman–Crippen LogP) is 3.62. The van der Waals surface area contributed by atoms with E-state index in [1.165, 1.54) is 7.11 Å². The van der Waals surface area contributed by atoms with E-state index in [4.69, 9.17) is 16.3 Å². The van der Waals surface area contributed by atoms with E-state index in [-0.39, 0.29) is 17.7 Å². The summed E-state index contributed by atoms with van der Waals surface area (Å²) in [5.41, 5.74) is 2.45. The second-order valence-electron chi connectivity index (χ2n) is 7.33. The smallest absolute Gasteiger partial charge is 0.271 e. The Morgan fingerprint density at radius 1 is 1.23 bits per heavy atom. The number of amides is 2. The molecule has 0 unspecified atom stereocenters. The van der Waals surface area contributed by atoms with Gasteiger partial charge in [0, 0.05) is 36.1 Å². The van der Waals surface area contributed by atoms with E-state index >= 15 is 0 Å². The van der Waals surface area contributed by atoms with Crippen LogP contribution in [-0.2, 0) is 4.79 Å². The summed E-state index contributed by atoms with van der Waals surface area (Å²) < 4.78 is 5.29. The zero-order chi connectivity index (χ0) is 21.8. The third kappa shape index (κ3) is 4.69. The lowest BCUT2D eigenvalue weighted by atomic mass is 9.96. The summed E-state index contributed by atoms with van der Waals surface area (Å²) in [6.07, 6.45) is 4.79. The molecule has 160 valence electrons. The molecule has 1 fully saturated rings. The number of pyridine rings is 1. The first-order chi connectivity index (χ1) is 15.0. The summed E-state index contributed by atoms with van der Waals surface area (Å²) >= 11 is 6.05. The highest BCUT2D eigenvalue weighted by Gasteiger charge is 2.30. The van der Waals surface area contributed by atoms with E-state index in [0.717, 1.165) is 12.0 Å². The number of carbonyl (C=O) groups is 2. The fourth-order valence-electron chi connectivity index (χ4n) is 3.66. The molecule has 3 aromatic rings. The van der Waals surface area contributed by atoms with E-state index in [9.17, 15) is 9.59 Å². The van der Waals surface area contributed by atoms with Gasteiger partial charge in [0.05, 0.1) is 24.4 Å². The number of aromatic nitrogens is 3. The number of rotatable bonds is 5. The quantitative estimate of drug-likeness (QED) is 0.632. The highest BCUT2D eigenvalue weighted by atomic mass is 35.5. The molecule has 0 radical (unpaired) electrons. The zero-order valence-electron chi connectivity index (χ0n) is 17.0. The Morgan fingerprint density at radius 2 is 2.03 bits per heavy atom. The minimum Gasteiger partial charge on any atom is -0.495 e. The van der Waals surface area contributed by atoms with E-state index in [1.54, 1.807) is 41.6 Å². The number of hydrogen-bond acceptors (Lipinski definition) is 5. The number of aromatic amines is 1. The number of likely N-dealkylation sites (tertiary alicyclic amines) is 1. The van der Waals surface area contributed by atoms with E-state index < -0.39 is 0 Å². The molecule has 1 aliphatic heterocycles. The number of nitrogens with zero attached hydrogens (tertiary/aromatic N) is 3. The molecule has 2 aromatic heterocycles. The van der Waals surface area contributed by atoms with Gasteiger partial charge in [0.15, 0.2) is 0 Å². The van der Waals surface area contributed by atoms with Crippen molar-refractivity contribution in [3.63, 3.8) is 0 Å². The molecule has 0 spiro atoms. The molecule has 1 aliphatic rings. The first-order valence-corrected chi connectivity index (χ1v) is 10.3. The van der Waals surface area contributed by atoms with Crippen LogP contribution in [0.4, 0.5) is 5.69 Å². The van der Waals surface area contributed by atoms with Gasteiger partial charge in [0.1, 0.15) is 11.4 Å². The fourth-order valence-corrected chi connectivity index (χ4v) is 3.83. The monoisotopic (exact) mass is 439 g/mol. The number of methoxy groups -OCH3 is 1. The first-order valence-electron chi connectivity index (χ1n) is 9.94. The summed E-state index contributed by atoms with van der Waals surface area (Å²) in [4.78, 5) is 31.5. The third-order valence-corrected chi connectivity index (χ3v) is 5.52. The largest absolute Gasteiger partial charge is 0.495 e. The van der Waals surface area contributed by atoms with Crippen LogP contribution in [0.25, 0.3) is 11.3 Å². The van der Waals surface area contributed by atoms with Crippen molar-refractivity contribution in [2.45, 2.75) is 12.8 Å². The number of anilines is 1. The Kier molecular flexibility index (Phi) is 6.18. The van der Waals surface area contributed by atoms with Crippen LogP contribution in [0.15, 0.2) is 48.8 Å². The molecule has 2 N–H and O–H groups in total. The number of nitrogens with one attached hydrogen (secondary N) is 2. The second-order valence-corrected chi connectivity index (χ2v) is 7.76. The van der Waals surface area contributed by atoms with E-state index in [0.29, 0.717) is 47.4 Å². The van der Waals surface area contributed by atoms with Gasteiger partial charge in [0.25, 0.3) is 5.91 Å². The molecule has 0 bridgehead atoms. The maximum atomic E-state index is 13.0. The average molecular weight is 440 g/mol. The summed E-state index contributed by atoms with van der Waals surface area (Å²) in [6.45, 7) is 0.921. The van der Waals surface area contributed by atoms with Crippen LogP contribution in [0.2, 0.25) is 5.02 Å². The molecule has 1 saturated heterocycles. The van der Waals surface area contributed by atoms with Crippen molar-refractivity contribution in [3.8, 4) is 17.0 Å². The van der Waals surface area contributed by atoms with Crippen LogP contribution in [0.5, 0.6) is 5.75 Å². The zero-order valence-corrected chi connectivity index (χ0v) is 17.7. The topological polar surface area (TPSA) is 100 Å². The minimum absolute atomic E-state index is 0.167. The standard InChI is InChI=1S/C22H22ClN5O3/c1-31-20-5-4-16(23)11-18(20)25-21(29)15-3-2-10-28(13-15)22(30)19-12-17(26-27-19)14-6-8-24-9-7-14/h4-9,11-12,15H,2-3,10,13H2,1H3,(H,25,29)(H,26,27)/t15-/m0/s1. The second kappa shape index (κ2) is 9.18. The lowest BCUT2D eigenvalue weighted by molar-refractivity contribution is -0.121. The average Bonchev–Trinajstić information content (AvgIpc) is 3.30. The number of carbonyl (C=O) groups excluding carboxylic acids is 2. The number of ether oxygens (including phenoxy) is 1. The van der Waals surface area contributed by atoms with Crippen molar-refractivity contribution < 1.29 is 14.3 Å². The molecular formula is C22H22ClN5O3. The molecular weight excluding hydrogens is 418 g/mol. The van der Waals surface area contributed by atoms with Crippen LogP contribution < -0.4 is 10.1 Å². The van der Waals surface area contributed by atoms with Crippen LogP contribution in [0.3, 0.4) is 0 Å². The fraction of sp³-hybridized carbons (Fsp3) is 0.273. The van der Waals surface area contributed by atoms with Gasteiger partial charge in [0.2, 0.25) is 5.91 Å². The first kappa shape index (κ1) is 20.9. The maximum absolute atomic E-state index is 13.0. The molecule has 2 amide bonds. The van der Waals surface area contributed by atoms with Crippen molar-refractivity contribution in [2.75, 3.05) is 25.5 Å². The van der Waals surface area contributed by atoms with Crippen molar-refractivity contribution in [1.29, 1.82) is 0 Å². The van der Waals surface area contributed by atoms with Gasteiger partial charge in [-0.15, -0.1) is 0 Å². The number of halogens is 1. The summed E-state index contributed by atoms with van der Waals surface area (Å²) in [7, 11) is 1.53. The van der Waals surface area contributed by atoms with E-state index in [2.05, 4.69) is 20.5 Å². The van der Waals surface area contributed by atoms with Gasteiger partial charge in [-0.1, -0.05) is 11.6 Å². The number of benzene rings is 1. The van der Waals surface area contributed by atoms with Gasteiger partial charge in [-0.2, -0.15) is 5.10 Å². The molecule has 9 heteroatoms. The van der Waals surface area contributed by atoms with Gasteiger partial charge >= 0.3 is 0 Å². The Morgan fingerprint density at radius 3 is 2.81 bits per heavy atom. The van der Waals surface area contributed by atoms with Crippen molar-refractivity contribution in [1.82, 2.24) is 20.1 Å². The molecule has 0 saturated carbocycles. The van der Waals surface area contributed by atoms with Gasteiger partial charge in [-0.05, 0) is 49.2 Å². The Labute approximate surface area is 184 Å². The predicted molar refractivity (Wildman–Crippen MR) is 117 cm³/mol. The summed E-state index contributed by atoms with van der Waals surface area (Å²) in [5, 5.41) is 10.4.